The lowest BCUT2D eigenvalue weighted by Crippen LogP contribution is -2.43. The van der Waals surface area contributed by atoms with Crippen molar-refractivity contribution in [3.63, 3.8) is 0 Å². The number of alkyl halides is 3. The maximum absolute atomic E-state index is 13.0. The molecular formula is C13H17F3N2O2S. The van der Waals surface area contributed by atoms with Gasteiger partial charge in [-0.05, 0) is 38.3 Å². The van der Waals surface area contributed by atoms with E-state index in [0.29, 0.717) is 6.42 Å². The highest BCUT2D eigenvalue weighted by Gasteiger charge is 2.47. The third kappa shape index (κ3) is 2.91. The predicted molar refractivity (Wildman–Crippen MR) is 71.0 cm³/mol. The van der Waals surface area contributed by atoms with Gasteiger partial charge in [-0.1, -0.05) is 6.92 Å². The topological polar surface area (TPSA) is 50.3 Å². The lowest BCUT2D eigenvalue weighted by Gasteiger charge is -2.31. The smallest absolute Gasteiger partial charge is 0.250 e. The van der Waals surface area contributed by atoms with Gasteiger partial charge in [0.2, 0.25) is 10.0 Å². The summed E-state index contributed by atoms with van der Waals surface area (Å²) in [5, 5.41) is 0. The van der Waals surface area contributed by atoms with Crippen molar-refractivity contribution < 1.29 is 21.6 Å². The third-order valence-corrected chi connectivity index (χ3v) is 5.72. The summed E-state index contributed by atoms with van der Waals surface area (Å²) < 4.78 is 65.4. The Kier molecular flexibility index (Phi) is 3.82. The van der Waals surface area contributed by atoms with Crippen molar-refractivity contribution in [3.05, 3.63) is 24.0 Å². The molecule has 0 amide bonds. The Bertz CT molecular complexity index is 641. The number of hydrogen-bond donors (Lipinski definition) is 0. The van der Waals surface area contributed by atoms with Gasteiger partial charge in [0, 0.05) is 18.3 Å². The van der Waals surface area contributed by atoms with E-state index in [1.54, 1.807) is 13.8 Å². The molecule has 2 heterocycles. The first-order chi connectivity index (χ1) is 9.46. The lowest BCUT2D eigenvalue weighted by atomic mass is 9.99. The van der Waals surface area contributed by atoms with Gasteiger partial charge in [0.15, 0.2) is 5.69 Å². The molecule has 0 radical (unpaired) electrons. The van der Waals surface area contributed by atoms with Crippen LogP contribution >= 0.6 is 0 Å². The first-order valence-corrected chi connectivity index (χ1v) is 7.95. The molecule has 1 unspecified atom stereocenters. The second-order valence-electron chi connectivity index (χ2n) is 6.01. The molecule has 0 aromatic carbocycles. The van der Waals surface area contributed by atoms with Crippen LogP contribution in [0.2, 0.25) is 0 Å². The Hall–Kier alpha value is -1.15. The summed E-state index contributed by atoms with van der Waals surface area (Å²) in [4.78, 5) is 2.45. The lowest BCUT2D eigenvalue weighted by molar-refractivity contribution is -0.143. The molecule has 1 aromatic heterocycles. The van der Waals surface area contributed by atoms with Gasteiger partial charge in [-0.2, -0.15) is 17.5 Å². The number of nitrogens with zero attached hydrogens (tertiary/aromatic N) is 2. The highest BCUT2D eigenvalue weighted by molar-refractivity contribution is 7.89. The van der Waals surface area contributed by atoms with Gasteiger partial charge in [0.05, 0.1) is 0 Å². The third-order valence-electron chi connectivity index (χ3n) is 3.61. The Labute approximate surface area is 122 Å². The molecule has 0 spiro atoms. The van der Waals surface area contributed by atoms with Crippen LogP contribution in [-0.4, -0.2) is 29.8 Å². The van der Waals surface area contributed by atoms with Crippen molar-refractivity contribution in [3.8, 4) is 0 Å². The van der Waals surface area contributed by atoms with Crippen LogP contribution in [0.1, 0.15) is 32.9 Å². The minimum absolute atomic E-state index is 0.0979. The fourth-order valence-corrected chi connectivity index (χ4v) is 4.98. The Morgan fingerprint density at radius 3 is 2.48 bits per heavy atom. The van der Waals surface area contributed by atoms with Gasteiger partial charge in [-0.15, -0.1) is 0 Å². The van der Waals surface area contributed by atoms with E-state index >= 15 is 0 Å². The molecule has 1 aliphatic rings. The van der Waals surface area contributed by atoms with E-state index in [9.17, 15) is 21.6 Å². The van der Waals surface area contributed by atoms with Crippen molar-refractivity contribution in [2.45, 2.75) is 43.8 Å². The normalized spacial score (nSPS) is 23.4. The predicted octanol–water partition coefficient (Wildman–Crippen LogP) is 2.91. The zero-order valence-corrected chi connectivity index (χ0v) is 12.8. The number of aromatic nitrogens is 1. The average Bonchev–Trinajstić information content (AvgIpc) is 2.62. The zero-order valence-electron chi connectivity index (χ0n) is 12.0. The summed E-state index contributed by atoms with van der Waals surface area (Å²) in [6.07, 6.45) is -3.26. The van der Waals surface area contributed by atoms with Crippen LogP contribution in [0.25, 0.3) is 0 Å². The van der Waals surface area contributed by atoms with Crippen LogP contribution in [0.3, 0.4) is 0 Å². The van der Waals surface area contributed by atoms with Crippen LogP contribution in [0.15, 0.2) is 23.2 Å². The molecule has 1 saturated heterocycles. The second kappa shape index (κ2) is 4.95. The standard InChI is InChI=1S/C13H17F3N2O2S/c1-9-7-12(2,3)18(8-9)21(19,20)10-5-4-6-17-11(10)13(14,15)16/h4-6,9H,7-8H2,1-3H3. The molecule has 1 fully saturated rings. The van der Waals surface area contributed by atoms with Crippen LogP contribution in [-0.2, 0) is 16.2 Å². The van der Waals surface area contributed by atoms with Crippen LogP contribution in [0.5, 0.6) is 0 Å². The van der Waals surface area contributed by atoms with Gasteiger partial charge >= 0.3 is 6.18 Å². The molecule has 118 valence electrons. The summed E-state index contributed by atoms with van der Waals surface area (Å²) in [7, 11) is -4.24. The molecular weight excluding hydrogens is 305 g/mol. The van der Waals surface area contributed by atoms with Crippen LogP contribution in [0.4, 0.5) is 13.2 Å². The zero-order chi connectivity index (χ0) is 16.1. The minimum atomic E-state index is -4.81. The van der Waals surface area contributed by atoms with Crippen molar-refractivity contribution in [1.29, 1.82) is 0 Å². The molecule has 0 bridgehead atoms. The summed E-state index contributed by atoms with van der Waals surface area (Å²) >= 11 is 0. The van der Waals surface area contributed by atoms with Gasteiger partial charge in [0.25, 0.3) is 0 Å². The number of pyridine rings is 1. The second-order valence-corrected chi connectivity index (χ2v) is 7.84. The number of rotatable bonds is 2. The first-order valence-electron chi connectivity index (χ1n) is 6.51. The fraction of sp³-hybridized carbons (Fsp3) is 0.615. The fourth-order valence-electron chi connectivity index (χ4n) is 2.90. The molecule has 0 saturated carbocycles. The number of halogens is 3. The quantitative estimate of drug-likeness (QED) is 0.841. The summed E-state index contributed by atoms with van der Waals surface area (Å²) in [6, 6.07) is 2.17. The van der Waals surface area contributed by atoms with Crippen molar-refractivity contribution >= 4 is 10.0 Å². The summed E-state index contributed by atoms with van der Waals surface area (Å²) in [6.45, 7) is 5.53. The Morgan fingerprint density at radius 2 is 2.00 bits per heavy atom. The van der Waals surface area contributed by atoms with Crippen molar-refractivity contribution in [2.75, 3.05) is 6.54 Å². The van der Waals surface area contributed by atoms with E-state index in [-0.39, 0.29) is 12.5 Å². The molecule has 0 N–H and O–H groups in total. The minimum Gasteiger partial charge on any atom is -0.250 e. The first kappa shape index (κ1) is 16.2. The molecule has 1 aliphatic heterocycles. The van der Waals surface area contributed by atoms with Crippen LogP contribution < -0.4 is 0 Å². The molecule has 1 aromatic rings. The van der Waals surface area contributed by atoms with Gasteiger partial charge in [0.1, 0.15) is 4.90 Å². The summed E-state index contributed by atoms with van der Waals surface area (Å²) in [5.41, 5.74) is -2.07. The molecule has 21 heavy (non-hydrogen) atoms. The van der Waals surface area contributed by atoms with E-state index in [4.69, 9.17) is 0 Å². The highest BCUT2D eigenvalue weighted by Crippen LogP contribution is 2.40. The van der Waals surface area contributed by atoms with Crippen LogP contribution in [0, 0.1) is 5.92 Å². The molecule has 1 atom stereocenters. The van der Waals surface area contributed by atoms with Gasteiger partial charge in [-0.25, -0.2) is 8.42 Å². The summed E-state index contributed by atoms with van der Waals surface area (Å²) in [5.74, 6) is 0.0979. The SMILES string of the molecule is CC1CN(S(=O)(=O)c2cccnc2C(F)(F)F)C(C)(C)C1. The van der Waals surface area contributed by atoms with E-state index < -0.39 is 32.3 Å². The van der Waals surface area contributed by atoms with Crippen molar-refractivity contribution in [2.24, 2.45) is 5.92 Å². The Morgan fingerprint density at radius 1 is 1.38 bits per heavy atom. The van der Waals surface area contributed by atoms with Gasteiger partial charge in [-0.3, -0.25) is 4.98 Å². The van der Waals surface area contributed by atoms with E-state index in [2.05, 4.69) is 4.98 Å². The number of hydrogen-bond acceptors (Lipinski definition) is 3. The van der Waals surface area contributed by atoms with E-state index in [1.807, 2.05) is 6.92 Å². The maximum Gasteiger partial charge on any atom is 0.434 e. The van der Waals surface area contributed by atoms with E-state index in [1.165, 1.54) is 6.07 Å². The number of sulfonamides is 1. The maximum atomic E-state index is 13.0. The Balaban J connectivity index is 2.56. The van der Waals surface area contributed by atoms with Gasteiger partial charge < -0.3 is 0 Å². The molecule has 2 rings (SSSR count). The molecule has 4 nitrogen and oxygen atoms in total. The highest BCUT2D eigenvalue weighted by atomic mass is 32.2. The average molecular weight is 322 g/mol. The monoisotopic (exact) mass is 322 g/mol. The van der Waals surface area contributed by atoms with E-state index in [0.717, 1.165) is 16.6 Å². The molecule has 0 aliphatic carbocycles. The molecule has 8 heteroatoms. The largest absolute Gasteiger partial charge is 0.434 e. The van der Waals surface area contributed by atoms with Crippen molar-refractivity contribution in [1.82, 2.24) is 9.29 Å².